The predicted octanol–water partition coefficient (Wildman–Crippen LogP) is 2.38. The van der Waals surface area contributed by atoms with E-state index in [9.17, 15) is 5.11 Å². The standard InChI is InChI=1S/C20H36N2O4.ClH/c1-14(2)16(12-17(22)18(23)13-21)10-15-6-7-19(25-4)20(11-15)26-9-5-8-24-3;/h6-7,11,14,16-18,23H,5,8-10,12-13,21-22H2,1-4H3;1H/t16-,17-,18-;/m0./s1. The van der Waals surface area contributed by atoms with Crippen LogP contribution in [0.2, 0.25) is 0 Å². The van der Waals surface area contributed by atoms with E-state index in [2.05, 4.69) is 19.9 Å². The topological polar surface area (TPSA) is 100.0 Å². The van der Waals surface area contributed by atoms with Gasteiger partial charge in [-0.05, 0) is 42.4 Å². The number of halogens is 1. The van der Waals surface area contributed by atoms with Crippen LogP contribution in [0.1, 0.15) is 32.3 Å². The number of hydrogen-bond donors (Lipinski definition) is 3. The van der Waals surface area contributed by atoms with E-state index in [1.165, 1.54) is 5.56 Å². The molecule has 0 aromatic heterocycles. The van der Waals surface area contributed by atoms with Crippen LogP contribution in [-0.2, 0) is 11.2 Å². The summed E-state index contributed by atoms with van der Waals surface area (Å²) in [5, 5.41) is 9.88. The predicted molar refractivity (Wildman–Crippen MR) is 112 cm³/mol. The molecule has 0 aliphatic heterocycles. The lowest BCUT2D eigenvalue weighted by Crippen LogP contribution is -2.42. The van der Waals surface area contributed by atoms with Crippen LogP contribution in [0, 0.1) is 11.8 Å². The fourth-order valence-corrected chi connectivity index (χ4v) is 2.92. The monoisotopic (exact) mass is 404 g/mol. The number of methoxy groups -OCH3 is 2. The number of ether oxygens (including phenoxy) is 3. The maximum absolute atomic E-state index is 9.88. The van der Waals surface area contributed by atoms with Crippen molar-refractivity contribution in [2.24, 2.45) is 23.3 Å². The summed E-state index contributed by atoms with van der Waals surface area (Å²) in [5.74, 6) is 2.26. The third-order valence-corrected chi connectivity index (χ3v) is 4.73. The first-order valence-corrected chi connectivity index (χ1v) is 9.35. The van der Waals surface area contributed by atoms with Crippen LogP contribution in [0.15, 0.2) is 18.2 Å². The van der Waals surface area contributed by atoms with E-state index in [1.807, 2.05) is 12.1 Å². The Morgan fingerprint density at radius 3 is 2.37 bits per heavy atom. The van der Waals surface area contributed by atoms with E-state index in [0.29, 0.717) is 25.0 Å². The van der Waals surface area contributed by atoms with Crippen molar-refractivity contribution in [3.63, 3.8) is 0 Å². The molecule has 5 N–H and O–H groups in total. The molecule has 0 saturated carbocycles. The average Bonchev–Trinajstić information content (AvgIpc) is 2.63. The molecule has 0 unspecified atom stereocenters. The van der Waals surface area contributed by atoms with Gasteiger partial charge in [-0.1, -0.05) is 19.9 Å². The number of aliphatic hydroxyl groups is 1. The fourth-order valence-electron chi connectivity index (χ4n) is 2.92. The summed E-state index contributed by atoms with van der Waals surface area (Å²) < 4.78 is 16.3. The molecule has 0 heterocycles. The van der Waals surface area contributed by atoms with E-state index in [0.717, 1.165) is 30.8 Å². The third-order valence-electron chi connectivity index (χ3n) is 4.73. The number of rotatable bonds is 13. The summed E-state index contributed by atoms with van der Waals surface area (Å²) in [4.78, 5) is 0. The summed E-state index contributed by atoms with van der Waals surface area (Å²) >= 11 is 0. The van der Waals surface area contributed by atoms with Gasteiger partial charge in [0.1, 0.15) is 0 Å². The fraction of sp³-hybridized carbons (Fsp3) is 0.700. The molecule has 1 rings (SSSR count). The van der Waals surface area contributed by atoms with E-state index in [1.54, 1.807) is 14.2 Å². The molecule has 0 aliphatic carbocycles. The van der Waals surface area contributed by atoms with Gasteiger partial charge >= 0.3 is 0 Å². The minimum Gasteiger partial charge on any atom is -0.493 e. The summed E-state index contributed by atoms with van der Waals surface area (Å²) in [6.45, 7) is 5.79. The van der Waals surface area contributed by atoms with E-state index >= 15 is 0 Å². The Morgan fingerprint density at radius 2 is 1.81 bits per heavy atom. The smallest absolute Gasteiger partial charge is 0.161 e. The van der Waals surface area contributed by atoms with Crippen molar-refractivity contribution >= 4 is 12.4 Å². The van der Waals surface area contributed by atoms with Gasteiger partial charge in [0.15, 0.2) is 11.5 Å². The first kappa shape index (κ1) is 26.0. The molecule has 27 heavy (non-hydrogen) atoms. The highest BCUT2D eigenvalue weighted by Gasteiger charge is 2.22. The lowest BCUT2D eigenvalue weighted by atomic mass is 9.83. The first-order chi connectivity index (χ1) is 12.4. The second-order valence-corrected chi connectivity index (χ2v) is 7.09. The molecule has 0 bridgehead atoms. The molecule has 0 amide bonds. The van der Waals surface area contributed by atoms with Crippen molar-refractivity contribution in [2.75, 3.05) is 34.0 Å². The van der Waals surface area contributed by atoms with Crippen LogP contribution in [0.4, 0.5) is 0 Å². The van der Waals surface area contributed by atoms with Crippen molar-refractivity contribution in [2.45, 2.75) is 45.3 Å². The maximum Gasteiger partial charge on any atom is 0.161 e. The maximum atomic E-state index is 9.88. The van der Waals surface area contributed by atoms with Gasteiger partial charge in [-0.15, -0.1) is 12.4 Å². The van der Waals surface area contributed by atoms with Gasteiger partial charge in [0, 0.05) is 32.7 Å². The Labute approximate surface area is 170 Å². The average molecular weight is 405 g/mol. The highest BCUT2D eigenvalue weighted by Crippen LogP contribution is 2.31. The van der Waals surface area contributed by atoms with Crippen molar-refractivity contribution in [3.8, 4) is 11.5 Å². The molecule has 1 aromatic carbocycles. The molecule has 0 fully saturated rings. The number of nitrogens with two attached hydrogens (primary N) is 2. The Balaban J connectivity index is 0.00000676. The van der Waals surface area contributed by atoms with E-state index in [4.69, 9.17) is 25.7 Å². The summed E-state index contributed by atoms with van der Waals surface area (Å²) in [6, 6.07) is 5.72. The molecular weight excluding hydrogens is 368 g/mol. The molecule has 3 atom stereocenters. The van der Waals surface area contributed by atoms with Crippen molar-refractivity contribution in [3.05, 3.63) is 23.8 Å². The Morgan fingerprint density at radius 1 is 1.11 bits per heavy atom. The van der Waals surface area contributed by atoms with Crippen molar-refractivity contribution < 1.29 is 19.3 Å². The molecule has 158 valence electrons. The van der Waals surface area contributed by atoms with Gasteiger partial charge in [0.2, 0.25) is 0 Å². The summed E-state index contributed by atoms with van der Waals surface area (Å²) in [5.41, 5.74) is 12.8. The molecule has 0 radical (unpaired) electrons. The Kier molecular flexibility index (Phi) is 13.5. The Hall–Kier alpha value is -1.05. The van der Waals surface area contributed by atoms with Crippen LogP contribution in [0.5, 0.6) is 11.5 Å². The lowest BCUT2D eigenvalue weighted by molar-refractivity contribution is 0.133. The largest absolute Gasteiger partial charge is 0.493 e. The van der Waals surface area contributed by atoms with Crippen LogP contribution in [-0.4, -0.2) is 51.2 Å². The van der Waals surface area contributed by atoms with Crippen LogP contribution in [0.25, 0.3) is 0 Å². The molecule has 0 spiro atoms. The highest BCUT2D eigenvalue weighted by atomic mass is 35.5. The van der Waals surface area contributed by atoms with Gasteiger partial charge in [-0.3, -0.25) is 0 Å². The van der Waals surface area contributed by atoms with Crippen LogP contribution in [0.3, 0.4) is 0 Å². The quantitative estimate of drug-likeness (QED) is 0.436. The normalized spacial score (nSPS) is 14.4. The van der Waals surface area contributed by atoms with Gasteiger partial charge in [-0.25, -0.2) is 0 Å². The minimum atomic E-state index is -0.660. The van der Waals surface area contributed by atoms with Crippen molar-refractivity contribution in [1.29, 1.82) is 0 Å². The highest BCUT2D eigenvalue weighted by molar-refractivity contribution is 5.85. The number of hydrogen-bond acceptors (Lipinski definition) is 6. The Bertz CT molecular complexity index is 517. The molecule has 0 aliphatic rings. The zero-order chi connectivity index (χ0) is 19.5. The second kappa shape index (κ2) is 14.0. The zero-order valence-corrected chi connectivity index (χ0v) is 17.8. The zero-order valence-electron chi connectivity index (χ0n) is 17.0. The minimum absolute atomic E-state index is 0. The van der Waals surface area contributed by atoms with E-state index in [-0.39, 0.29) is 25.0 Å². The van der Waals surface area contributed by atoms with Gasteiger partial charge in [-0.2, -0.15) is 0 Å². The third kappa shape index (κ3) is 9.12. The molecule has 6 nitrogen and oxygen atoms in total. The number of aliphatic hydroxyl groups excluding tert-OH is 1. The summed E-state index contributed by atoms with van der Waals surface area (Å²) in [6.07, 6.45) is 1.75. The van der Waals surface area contributed by atoms with Crippen molar-refractivity contribution in [1.82, 2.24) is 0 Å². The molecule has 1 aromatic rings. The van der Waals surface area contributed by atoms with Gasteiger partial charge in [0.05, 0.1) is 19.8 Å². The second-order valence-electron chi connectivity index (χ2n) is 7.09. The SMILES string of the molecule is COCCCOc1cc(C[C@@H](C[C@H](N)[C@@H](O)CN)C(C)C)ccc1OC.Cl. The first-order valence-electron chi connectivity index (χ1n) is 9.35. The van der Waals surface area contributed by atoms with Gasteiger partial charge in [0.25, 0.3) is 0 Å². The lowest BCUT2D eigenvalue weighted by Gasteiger charge is -2.27. The van der Waals surface area contributed by atoms with Gasteiger partial charge < -0.3 is 30.8 Å². The number of benzene rings is 1. The molecule has 0 saturated heterocycles. The molecular formula is C20H37ClN2O4. The summed E-state index contributed by atoms with van der Waals surface area (Å²) in [7, 11) is 3.32. The van der Waals surface area contributed by atoms with Crippen LogP contribution >= 0.6 is 12.4 Å². The molecule has 7 heteroatoms. The van der Waals surface area contributed by atoms with E-state index < -0.39 is 6.10 Å². The van der Waals surface area contributed by atoms with Crippen LogP contribution < -0.4 is 20.9 Å².